The maximum Gasteiger partial charge on any atom is 0.313 e. The lowest BCUT2D eigenvalue weighted by Crippen LogP contribution is -2.81. The van der Waals surface area contributed by atoms with Gasteiger partial charge < -0.3 is 15.1 Å². The molecule has 0 radical (unpaired) electrons. The van der Waals surface area contributed by atoms with Gasteiger partial charge in [0.1, 0.15) is 28.4 Å². The molecule has 1 aliphatic heterocycles. The van der Waals surface area contributed by atoms with Gasteiger partial charge in [-0.2, -0.15) is 0 Å². The summed E-state index contributed by atoms with van der Waals surface area (Å²) < 4.78 is 27.1. The number of aromatic nitrogens is 2. The first-order valence-corrected chi connectivity index (χ1v) is 12.5. The van der Waals surface area contributed by atoms with Crippen molar-refractivity contribution in [1.82, 2.24) is 20.4 Å². The minimum atomic E-state index is -0.759. The number of aliphatic hydroxyl groups is 2. The molecule has 2 heterocycles. The number of amides is 1. The van der Waals surface area contributed by atoms with E-state index in [0.29, 0.717) is 37.2 Å². The van der Waals surface area contributed by atoms with Crippen molar-refractivity contribution >= 4 is 28.6 Å². The number of Topliss-reactive ketones (excluding diaryl/α,β-unsaturated/α-hetero) is 1. The van der Waals surface area contributed by atoms with E-state index in [1.54, 1.807) is 11.9 Å². The molecular weight excluding hydrogens is 492 g/mol. The predicted molar refractivity (Wildman–Crippen MR) is 127 cm³/mol. The normalized spacial score (nSPS) is 22.5. The number of aliphatic hydroxyl groups excluding tert-OH is 2. The highest BCUT2D eigenvalue weighted by Gasteiger charge is 2.44. The Bertz CT molecular complexity index is 1240. The first-order valence-electron chi connectivity index (χ1n) is 11.7. The topological polar surface area (TPSA) is 132 Å². The van der Waals surface area contributed by atoms with E-state index in [9.17, 15) is 28.6 Å². The number of allylic oxidation sites excluding steroid dienone is 1. The van der Waals surface area contributed by atoms with Crippen LogP contribution in [-0.2, 0) is 16.0 Å². The molecule has 0 spiro atoms. The highest BCUT2D eigenvalue weighted by Crippen LogP contribution is 2.33. The first-order chi connectivity index (χ1) is 17.2. The van der Waals surface area contributed by atoms with Crippen molar-refractivity contribution in [2.45, 2.75) is 50.8 Å². The molecule has 1 aromatic carbocycles. The van der Waals surface area contributed by atoms with Crippen LogP contribution in [-0.4, -0.2) is 62.4 Å². The first kappa shape index (κ1) is 26.0. The van der Waals surface area contributed by atoms with Crippen LogP contribution in [0.5, 0.6) is 0 Å². The number of hydrogen-bond acceptors (Lipinski definition) is 8. The number of halogens is 2. The molecule has 2 aromatic rings. The van der Waals surface area contributed by atoms with Crippen LogP contribution in [0.4, 0.5) is 8.78 Å². The van der Waals surface area contributed by atoms with E-state index in [1.807, 2.05) is 6.92 Å². The number of nitrogens with zero attached hydrogens (tertiary/aromatic N) is 3. The zero-order valence-electron chi connectivity index (χ0n) is 19.9. The zero-order valence-corrected chi connectivity index (χ0v) is 20.7. The van der Waals surface area contributed by atoms with Crippen molar-refractivity contribution in [1.29, 1.82) is 0 Å². The Morgan fingerprint density at radius 3 is 2.67 bits per heavy atom. The Balaban J connectivity index is 1.52. The summed E-state index contributed by atoms with van der Waals surface area (Å²) in [6.45, 7) is 2.16. The summed E-state index contributed by atoms with van der Waals surface area (Å²) in [5.74, 6) is -3.32. The summed E-state index contributed by atoms with van der Waals surface area (Å²) in [4.78, 5) is 28.0. The summed E-state index contributed by atoms with van der Waals surface area (Å²) in [7, 11) is 1.75. The lowest BCUT2D eigenvalue weighted by molar-refractivity contribution is -0.531. The van der Waals surface area contributed by atoms with Crippen molar-refractivity contribution in [2.75, 3.05) is 13.6 Å². The Kier molecular flexibility index (Phi) is 7.59. The number of nitrogens with one attached hydrogen (secondary N) is 1. The van der Waals surface area contributed by atoms with Crippen molar-refractivity contribution in [3.8, 4) is 0 Å². The Hall–Kier alpha value is -3.06. The molecule has 1 aromatic heterocycles. The number of nitrogens with two attached hydrogens (primary N) is 1. The molecule has 0 unspecified atom stereocenters. The Morgan fingerprint density at radius 2 is 2.03 bits per heavy atom. The molecular formula is C24H28F2N5O4S+. The zero-order chi connectivity index (χ0) is 26.0. The van der Waals surface area contributed by atoms with Gasteiger partial charge in [0, 0.05) is 19.0 Å². The highest BCUT2D eigenvalue weighted by atomic mass is 32.1. The fourth-order valence-electron chi connectivity index (χ4n) is 4.70. The Labute approximate surface area is 210 Å². The van der Waals surface area contributed by atoms with Crippen LogP contribution < -0.4 is 10.6 Å². The summed E-state index contributed by atoms with van der Waals surface area (Å²) in [6.07, 6.45) is 3.20. The largest absolute Gasteiger partial charge is 0.500 e. The third-order valence-corrected chi connectivity index (χ3v) is 7.70. The Morgan fingerprint density at radius 1 is 1.31 bits per heavy atom. The van der Waals surface area contributed by atoms with Gasteiger partial charge in [-0.25, -0.2) is 8.78 Å². The number of benzene rings is 1. The third-order valence-electron chi connectivity index (χ3n) is 6.74. The van der Waals surface area contributed by atoms with Crippen LogP contribution in [0, 0.1) is 11.6 Å². The van der Waals surface area contributed by atoms with Crippen molar-refractivity contribution in [3.63, 3.8) is 0 Å². The van der Waals surface area contributed by atoms with E-state index in [0.717, 1.165) is 23.5 Å². The molecule has 0 atom stereocenters. The maximum atomic E-state index is 14.0. The van der Waals surface area contributed by atoms with Crippen molar-refractivity contribution in [2.24, 2.45) is 0 Å². The molecule has 1 aliphatic carbocycles. The van der Waals surface area contributed by atoms with Gasteiger partial charge in [0.2, 0.25) is 17.2 Å². The molecule has 0 saturated heterocycles. The van der Waals surface area contributed by atoms with Crippen LogP contribution >= 0.6 is 11.3 Å². The van der Waals surface area contributed by atoms with Crippen LogP contribution in [0.1, 0.15) is 48.2 Å². The third kappa shape index (κ3) is 4.94. The lowest BCUT2D eigenvalue weighted by atomic mass is 9.85. The van der Waals surface area contributed by atoms with Crippen LogP contribution in [0.3, 0.4) is 0 Å². The molecule has 192 valence electrons. The molecule has 9 nitrogen and oxygen atoms in total. The fraction of sp³-hybridized carbons (Fsp3) is 0.417. The summed E-state index contributed by atoms with van der Waals surface area (Å²) in [5, 5.41) is 33.8. The quantitative estimate of drug-likeness (QED) is 0.406. The molecule has 0 bridgehead atoms. The predicted octanol–water partition coefficient (Wildman–Crippen LogP) is 1.36. The van der Waals surface area contributed by atoms with Gasteiger partial charge in [-0.15, -0.1) is 10.2 Å². The number of likely N-dealkylation sites (N-methyl/N-ethyl adjacent to an activating group) is 1. The molecule has 1 fully saturated rings. The van der Waals surface area contributed by atoms with Gasteiger partial charge >= 0.3 is 5.91 Å². The number of hydrogen-bond donors (Lipinski definition) is 4. The van der Waals surface area contributed by atoms with Crippen molar-refractivity contribution < 1.29 is 33.9 Å². The van der Waals surface area contributed by atoms with E-state index >= 15 is 0 Å². The van der Waals surface area contributed by atoms with E-state index in [1.165, 1.54) is 17.6 Å². The summed E-state index contributed by atoms with van der Waals surface area (Å²) >= 11 is 1.04. The van der Waals surface area contributed by atoms with Gasteiger partial charge in [0.15, 0.2) is 5.01 Å². The SMILES string of the molecule is CCN(C(=O)C1=C(O)C(=O)C(c2nnc(Cc3ccc(F)cc3F)s2)=C[NH2+]1)C1(NC)CCC(O)CC1. The number of carbonyl (C=O) groups is 2. The molecule has 4 rings (SSSR count). The van der Waals surface area contributed by atoms with Gasteiger partial charge in [-0.3, -0.25) is 20.2 Å². The smallest absolute Gasteiger partial charge is 0.313 e. The van der Waals surface area contributed by atoms with Crippen LogP contribution in [0.15, 0.2) is 35.9 Å². The van der Waals surface area contributed by atoms with Crippen LogP contribution in [0.2, 0.25) is 0 Å². The summed E-state index contributed by atoms with van der Waals surface area (Å²) in [5.41, 5.74) is -0.509. The minimum absolute atomic E-state index is 0.0623. The highest BCUT2D eigenvalue weighted by molar-refractivity contribution is 7.12. The average Bonchev–Trinajstić information content (AvgIpc) is 3.32. The monoisotopic (exact) mass is 520 g/mol. The number of ketones is 1. The van der Waals surface area contributed by atoms with Gasteiger partial charge in [-0.1, -0.05) is 17.4 Å². The maximum absolute atomic E-state index is 14.0. The number of carbonyl (C=O) groups excluding carboxylic acids is 2. The lowest BCUT2D eigenvalue weighted by Gasteiger charge is -2.46. The minimum Gasteiger partial charge on any atom is -0.500 e. The molecule has 1 amide bonds. The molecule has 12 heteroatoms. The van der Waals surface area contributed by atoms with Gasteiger partial charge in [0.25, 0.3) is 0 Å². The second kappa shape index (κ2) is 10.5. The molecule has 5 N–H and O–H groups in total. The summed E-state index contributed by atoms with van der Waals surface area (Å²) in [6, 6.07) is 3.26. The molecule has 36 heavy (non-hydrogen) atoms. The second-order valence-corrected chi connectivity index (χ2v) is 9.88. The fourth-order valence-corrected chi connectivity index (χ4v) is 5.58. The second-order valence-electron chi connectivity index (χ2n) is 8.81. The number of quaternary nitrogens is 1. The van der Waals surface area contributed by atoms with E-state index in [4.69, 9.17) is 0 Å². The van der Waals surface area contributed by atoms with E-state index in [2.05, 4.69) is 15.5 Å². The average molecular weight is 521 g/mol. The van der Waals surface area contributed by atoms with Gasteiger partial charge in [-0.05, 0) is 51.3 Å². The van der Waals surface area contributed by atoms with E-state index < -0.39 is 40.9 Å². The molecule has 1 saturated carbocycles. The number of rotatable bonds is 7. The standard InChI is InChI=1S/C24H27F2N5O4S/c1-3-31(24(27-2)8-6-15(32)7-9-24)23(35)19-21(34)20(33)16(12-28-19)22-30-29-18(36-22)10-13-4-5-14(25)11-17(13)26/h4-5,11-12,15,27,32,34H,3,6-10H2,1-2H3,(H,28,33)/p+1. The van der Waals surface area contributed by atoms with Crippen LogP contribution in [0.25, 0.3) is 5.57 Å². The molecule has 2 aliphatic rings. The van der Waals surface area contributed by atoms with Crippen molar-refractivity contribution in [3.05, 3.63) is 63.1 Å². The van der Waals surface area contributed by atoms with E-state index in [-0.39, 0.29) is 28.3 Å². The van der Waals surface area contributed by atoms with Gasteiger partial charge in [0.05, 0.1) is 11.8 Å².